The zero-order valence-electron chi connectivity index (χ0n) is 12.0. The zero-order chi connectivity index (χ0) is 17.3. The van der Waals surface area contributed by atoms with Crippen LogP contribution in [0.2, 0.25) is 0 Å². The van der Waals surface area contributed by atoms with E-state index in [4.69, 9.17) is 19.3 Å². The van der Waals surface area contributed by atoms with Gasteiger partial charge in [0.15, 0.2) is 12.6 Å². The van der Waals surface area contributed by atoms with Crippen molar-refractivity contribution in [2.24, 2.45) is 0 Å². The summed E-state index contributed by atoms with van der Waals surface area (Å²) in [7, 11) is 0. The van der Waals surface area contributed by atoms with E-state index in [9.17, 15) is 35.7 Å². The summed E-state index contributed by atoms with van der Waals surface area (Å²) in [6.07, 6.45) is -15.6. The molecule has 2 heterocycles. The molecule has 0 saturated carbocycles. The molecule has 0 unspecified atom stereocenters. The van der Waals surface area contributed by atoms with Gasteiger partial charge in [-0.3, -0.25) is 0 Å². The van der Waals surface area contributed by atoms with Crippen molar-refractivity contribution in [3.8, 4) is 0 Å². The van der Waals surface area contributed by atoms with E-state index < -0.39 is 74.6 Å². The molecule has 2 aliphatic heterocycles. The van der Waals surface area contributed by atoms with E-state index in [1.807, 2.05) is 0 Å². The lowest BCUT2D eigenvalue weighted by atomic mass is 9.97. The van der Waals surface area contributed by atoms with Crippen molar-refractivity contribution in [2.75, 3.05) is 13.2 Å². The predicted molar refractivity (Wildman–Crippen MR) is 68.6 cm³/mol. The third-order valence-electron chi connectivity index (χ3n) is 3.98. The lowest BCUT2D eigenvalue weighted by Crippen LogP contribution is -2.64. The molecule has 0 aromatic heterocycles. The minimum absolute atomic E-state index is 0.667. The molecule has 10 atom stereocenters. The van der Waals surface area contributed by atoms with Crippen LogP contribution in [-0.4, -0.2) is 115 Å². The highest BCUT2D eigenvalue weighted by Crippen LogP contribution is 2.28. The molecule has 0 aliphatic carbocycles. The maximum absolute atomic E-state index is 9.94. The lowest BCUT2D eigenvalue weighted by Gasteiger charge is -2.45. The largest absolute Gasteiger partial charge is 0.394 e. The van der Waals surface area contributed by atoms with E-state index >= 15 is 0 Å². The van der Waals surface area contributed by atoms with Crippen LogP contribution in [0.15, 0.2) is 0 Å². The average Bonchev–Trinajstić information content (AvgIpc) is 2.55. The van der Waals surface area contributed by atoms with Crippen LogP contribution in [-0.2, 0) is 14.2 Å². The Kier molecular flexibility index (Phi) is 6.27. The molecule has 0 bridgehead atoms. The predicted octanol–water partition coefficient (Wildman–Crippen LogP) is -5.40. The van der Waals surface area contributed by atoms with Crippen LogP contribution in [0.4, 0.5) is 0 Å². The average molecular weight is 342 g/mol. The lowest BCUT2D eigenvalue weighted by molar-refractivity contribution is -0.355. The Morgan fingerprint density at radius 1 is 0.652 bits per heavy atom. The summed E-state index contributed by atoms with van der Waals surface area (Å²) in [5.41, 5.74) is 0. The van der Waals surface area contributed by atoms with Crippen LogP contribution in [0.3, 0.4) is 0 Å². The molecule has 11 heteroatoms. The molecule has 23 heavy (non-hydrogen) atoms. The molecule has 0 radical (unpaired) electrons. The van der Waals surface area contributed by atoms with Gasteiger partial charge in [-0.1, -0.05) is 0 Å². The van der Waals surface area contributed by atoms with Gasteiger partial charge in [-0.05, 0) is 0 Å². The molecule has 2 aliphatic rings. The quantitative estimate of drug-likeness (QED) is 0.243. The number of ether oxygens (including phenoxy) is 3. The highest BCUT2D eigenvalue weighted by atomic mass is 16.7. The molecule has 11 nitrogen and oxygen atoms in total. The molecular formula is C12H22O11. The van der Waals surface area contributed by atoms with Crippen molar-refractivity contribution >= 4 is 0 Å². The van der Waals surface area contributed by atoms with Crippen LogP contribution in [0.5, 0.6) is 0 Å². The van der Waals surface area contributed by atoms with Gasteiger partial charge in [0.25, 0.3) is 0 Å². The minimum atomic E-state index is -1.74. The monoisotopic (exact) mass is 342 g/mol. The maximum Gasteiger partial charge on any atom is 0.187 e. The molecule has 2 rings (SSSR count). The van der Waals surface area contributed by atoms with E-state index in [1.165, 1.54) is 0 Å². The van der Waals surface area contributed by atoms with Crippen molar-refractivity contribution in [3.63, 3.8) is 0 Å². The summed E-state index contributed by atoms with van der Waals surface area (Å²) in [6.45, 7) is -1.35. The van der Waals surface area contributed by atoms with Crippen molar-refractivity contribution < 1.29 is 55.1 Å². The summed E-state index contributed by atoms with van der Waals surface area (Å²) < 4.78 is 15.3. The van der Waals surface area contributed by atoms with E-state index in [-0.39, 0.29) is 0 Å². The van der Waals surface area contributed by atoms with Gasteiger partial charge in [0, 0.05) is 0 Å². The second kappa shape index (κ2) is 7.63. The Balaban J connectivity index is 2.11. The van der Waals surface area contributed by atoms with E-state index in [1.54, 1.807) is 0 Å². The van der Waals surface area contributed by atoms with Gasteiger partial charge in [-0.2, -0.15) is 0 Å². The fourth-order valence-corrected chi connectivity index (χ4v) is 2.57. The van der Waals surface area contributed by atoms with Crippen molar-refractivity contribution in [1.29, 1.82) is 0 Å². The third kappa shape index (κ3) is 3.65. The third-order valence-corrected chi connectivity index (χ3v) is 3.98. The number of aliphatic hydroxyl groups is 8. The Hall–Kier alpha value is -0.440. The fraction of sp³-hybridized carbons (Fsp3) is 1.00. The number of hydrogen-bond acceptors (Lipinski definition) is 11. The minimum Gasteiger partial charge on any atom is -0.394 e. The number of rotatable bonds is 4. The van der Waals surface area contributed by atoms with Crippen LogP contribution in [0.25, 0.3) is 0 Å². The Morgan fingerprint density at radius 3 is 1.83 bits per heavy atom. The molecule has 0 amide bonds. The summed E-state index contributed by atoms with van der Waals surface area (Å²) in [4.78, 5) is 0. The summed E-state index contributed by atoms with van der Waals surface area (Å²) in [6, 6.07) is 0. The zero-order valence-corrected chi connectivity index (χ0v) is 12.0. The van der Waals surface area contributed by atoms with Gasteiger partial charge in [0.2, 0.25) is 0 Å². The Bertz CT molecular complexity index is 378. The van der Waals surface area contributed by atoms with Crippen molar-refractivity contribution in [1.82, 2.24) is 0 Å². The van der Waals surface area contributed by atoms with Crippen LogP contribution >= 0.6 is 0 Å². The van der Waals surface area contributed by atoms with Crippen molar-refractivity contribution in [2.45, 2.75) is 61.4 Å². The molecular weight excluding hydrogens is 320 g/mol. The molecule has 0 aromatic rings. The smallest absolute Gasteiger partial charge is 0.187 e. The van der Waals surface area contributed by atoms with Gasteiger partial charge in [-0.25, -0.2) is 0 Å². The first kappa shape index (κ1) is 18.9. The molecule has 0 spiro atoms. The van der Waals surface area contributed by atoms with Crippen LogP contribution in [0, 0.1) is 0 Å². The molecule has 0 aromatic carbocycles. The summed E-state index contributed by atoms with van der Waals surface area (Å²) in [5.74, 6) is 0. The van der Waals surface area contributed by atoms with Gasteiger partial charge in [-0.15, -0.1) is 0 Å². The summed E-state index contributed by atoms with van der Waals surface area (Å²) in [5, 5.41) is 76.5. The second-order valence-corrected chi connectivity index (χ2v) is 5.53. The van der Waals surface area contributed by atoms with Gasteiger partial charge >= 0.3 is 0 Å². The molecule has 2 saturated heterocycles. The molecule has 136 valence electrons. The van der Waals surface area contributed by atoms with Crippen LogP contribution < -0.4 is 0 Å². The first-order valence-corrected chi connectivity index (χ1v) is 7.08. The molecule has 2 fully saturated rings. The first-order chi connectivity index (χ1) is 10.8. The topological polar surface area (TPSA) is 190 Å². The van der Waals surface area contributed by atoms with E-state index in [0.717, 1.165) is 0 Å². The highest BCUT2D eigenvalue weighted by Gasteiger charge is 2.50. The Labute approximate surface area is 130 Å². The van der Waals surface area contributed by atoms with E-state index in [0.29, 0.717) is 0 Å². The Morgan fingerprint density at radius 2 is 1.26 bits per heavy atom. The van der Waals surface area contributed by atoms with Gasteiger partial charge in [0.1, 0.15) is 48.8 Å². The van der Waals surface area contributed by atoms with Gasteiger partial charge < -0.3 is 55.1 Å². The fourth-order valence-electron chi connectivity index (χ4n) is 2.57. The number of aliphatic hydroxyl groups excluding tert-OH is 8. The summed E-state index contributed by atoms with van der Waals surface area (Å²) >= 11 is 0. The second-order valence-electron chi connectivity index (χ2n) is 5.53. The highest BCUT2D eigenvalue weighted by molar-refractivity contribution is 4.93. The SMILES string of the molecule is OC[C@@H]1O[C@@H](O)[C@H](O)[C@H](O)[C@@H]1O[C@@H]1O[C@H](CO)[C@H](O)[C@@H](O)[C@H]1O. The normalized spacial score (nSPS) is 51.7. The van der Waals surface area contributed by atoms with Gasteiger partial charge in [0.05, 0.1) is 13.2 Å². The number of hydrogen-bond donors (Lipinski definition) is 8. The van der Waals surface area contributed by atoms with Crippen molar-refractivity contribution in [3.05, 3.63) is 0 Å². The maximum atomic E-state index is 9.94. The van der Waals surface area contributed by atoms with E-state index in [2.05, 4.69) is 0 Å². The molecule has 8 N–H and O–H groups in total. The standard InChI is InChI=1S/C12H22O11/c13-1-3-5(15)6(16)9(19)12(22-3)23-10-4(2-14)21-11(20)8(18)7(10)17/h3-20H,1-2H2/t3-,4+,5+,6-,7+,8-,9-,10-,11-,12+/m1/s1. The van der Waals surface area contributed by atoms with Crippen LogP contribution in [0.1, 0.15) is 0 Å². The first-order valence-electron chi connectivity index (χ1n) is 7.08.